The van der Waals surface area contributed by atoms with E-state index in [0.717, 1.165) is 36.8 Å². The summed E-state index contributed by atoms with van der Waals surface area (Å²) in [7, 11) is 0. The van der Waals surface area contributed by atoms with E-state index in [4.69, 9.17) is 11.6 Å². The largest absolute Gasteiger partial charge is 0.383 e. The molecule has 5 nitrogen and oxygen atoms in total. The van der Waals surface area contributed by atoms with E-state index in [1.807, 2.05) is 11.0 Å². The van der Waals surface area contributed by atoms with Crippen LogP contribution in [0.3, 0.4) is 0 Å². The molecule has 0 aliphatic carbocycles. The molecule has 2 heterocycles. The molecule has 1 aliphatic rings. The number of fused-ring (bicyclic) bond motifs is 1. The van der Waals surface area contributed by atoms with E-state index in [0.29, 0.717) is 29.2 Å². The van der Waals surface area contributed by atoms with E-state index in [9.17, 15) is 10.1 Å². The minimum atomic E-state index is 0.164. The average Bonchev–Trinajstić information content (AvgIpc) is 2.62. The van der Waals surface area contributed by atoms with Crippen LogP contribution in [0.2, 0.25) is 5.02 Å². The number of carbonyl (C=O) groups is 1. The number of aromatic nitrogens is 1. The number of likely N-dealkylation sites (tertiary alicyclic amines) is 1. The molecule has 1 aromatic carbocycles. The Balaban J connectivity index is 1.73. The highest BCUT2D eigenvalue weighted by atomic mass is 35.5. The molecule has 1 amide bonds. The molecule has 0 spiro atoms. The Bertz CT molecular complexity index is 793. The van der Waals surface area contributed by atoms with E-state index >= 15 is 0 Å². The number of anilines is 1. The molecule has 1 saturated heterocycles. The number of nitrogens with zero attached hydrogens (tertiary/aromatic N) is 3. The lowest BCUT2D eigenvalue weighted by Crippen LogP contribution is -2.36. The van der Waals surface area contributed by atoms with Crippen molar-refractivity contribution in [1.82, 2.24) is 9.88 Å². The van der Waals surface area contributed by atoms with Crippen LogP contribution in [0.5, 0.6) is 0 Å². The van der Waals surface area contributed by atoms with Gasteiger partial charge in [-0.3, -0.25) is 9.78 Å². The molecule has 0 saturated carbocycles. The highest BCUT2D eigenvalue weighted by Crippen LogP contribution is 2.28. The van der Waals surface area contributed by atoms with Crippen LogP contribution in [0.1, 0.15) is 31.2 Å². The normalized spacial score (nSPS) is 14.4. The number of piperidine rings is 1. The summed E-state index contributed by atoms with van der Waals surface area (Å²) in [4.78, 5) is 18.5. The average molecular weight is 343 g/mol. The topological polar surface area (TPSA) is 69.0 Å². The first-order chi connectivity index (χ1) is 11.7. The van der Waals surface area contributed by atoms with Gasteiger partial charge in [-0.2, -0.15) is 5.26 Å². The lowest BCUT2D eigenvalue weighted by Gasteiger charge is -2.26. The molecule has 0 unspecified atom stereocenters. The first-order valence-corrected chi connectivity index (χ1v) is 8.57. The number of halogens is 1. The molecule has 124 valence electrons. The van der Waals surface area contributed by atoms with Crippen LogP contribution in [0.4, 0.5) is 5.69 Å². The van der Waals surface area contributed by atoms with E-state index in [1.165, 1.54) is 6.42 Å². The van der Waals surface area contributed by atoms with Crippen molar-refractivity contribution in [2.45, 2.75) is 25.7 Å². The van der Waals surface area contributed by atoms with Gasteiger partial charge in [-0.1, -0.05) is 11.6 Å². The van der Waals surface area contributed by atoms with Crippen LogP contribution in [0.15, 0.2) is 24.4 Å². The summed E-state index contributed by atoms with van der Waals surface area (Å²) >= 11 is 6.07. The third kappa shape index (κ3) is 3.60. The monoisotopic (exact) mass is 342 g/mol. The Morgan fingerprint density at radius 3 is 2.88 bits per heavy atom. The van der Waals surface area contributed by atoms with Crippen molar-refractivity contribution in [1.29, 1.82) is 5.26 Å². The maximum absolute atomic E-state index is 12.2. The maximum Gasteiger partial charge on any atom is 0.224 e. The van der Waals surface area contributed by atoms with Gasteiger partial charge in [-0.15, -0.1) is 0 Å². The zero-order valence-electron chi connectivity index (χ0n) is 13.4. The molecule has 0 radical (unpaired) electrons. The number of nitrogens with one attached hydrogen (secondary N) is 1. The maximum atomic E-state index is 12.2. The molecule has 0 bridgehead atoms. The number of benzene rings is 1. The third-order valence-electron chi connectivity index (χ3n) is 4.30. The van der Waals surface area contributed by atoms with Gasteiger partial charge in [0.25, 0.3) is 0 Å². The molecule has 1 aliphatic heterocycles. The molecule has 1 N–H and O–H groups in total. The van der Waals surface area contributed by atoms with Gasteiger partial charge in [0.15, 0.2) is 0 Å². The van der Waals surface area contributed by atoms with Crippen molar-refractivity contribution in [2.24, 2.45) is 0 Å². The Labute approximate surface area is 146 Å². The second-order valence-electron chi connectivity index (χ2n) is 5.94. The summed E-state index contributed by atoms with van der Waals surface area (Å²) in [6, 6.07) is 7.53. The third-order valence-corrected chi connectivity index (χ3v) is 4.53. The second kappa shape index (κ2) is 7.50. The van der Waals surface area contributed by atoms with Crippen LogP contribution in [0.25, 0.3) is 10.9 Å². The second-order valence-corrected chi connectivity index (χ2v) is 6.37. The molecule has 2 aromatic rings. The lowest BCUT2D eigenvalue weighted by molar-refractivity contribution is -0.131. The number of carbonyl (C=O) groups excluding carboxylic acids is 1. The van der Waals surface area contributed by atoms with Crippen LogP contribution in [-0.4, -0.2) is 35.4 Å². The molecular weight excluding hydrogens is 324 g/mol. The summed E-state index contributed by atoms with van der Waals surface area (Å²) in [6.07, 6.45) is 5.34. The van der Waals surface area contributed by atoms with Crippen molar-refractivity contribution in [3.05, 3.63) is 35.0 Å². The summed E-state index contributed by atoms with van der Waals surface area (Å²) in [5.41, 5.74) is 1.91. The molecule has 0 atom stereocenters. The van der Waals surface area contributed by atoms with Gasteiger partial charge in [0, 0.05) is 42.7 Å². The minimum absolute atomic E-state index is 0.164. The Morgan fingerprint density at radius 2 is 2.12 bits per heavy atom. The summed E-state index contributed by atoms with van der Waals surface area (Å²) in [5.74, 6) is 0.164. The van der Waals surface area contributed by atoms with Crippen LogP contribution in [0, 0.1) is 11.3 Å². The van der Waals surface area contributed by atoms with Crippen molar-refractivity contribution in [2.75, 3.05) is 25.0 Å². The number of hydrogen-bond acceptors (Lipinski definition) is 4. The van der Waals surface area contributed by atoms with Crippen molar-refractivity contribution in [3.8, 4) is 6.07 Å². The smallest absolute Gasteiger partial charge is 0.224 e. The zero-order valence-corrected chi connectivity index (χ0v) is 14.1. The van der Waals surface area contributed by atoms with Crippen molar-refractivity contribution < 1.29 is 4.79 Å². The number of nitriles is 1. The first kappa shape index (κ1) is 16.5. The van der Waals surface area contributed by atoms with Gasteiger partial charge in [0.05, 0.1) is 16.8 Å². The van der Waals surface area contributed by atoms with Crippen molar-refractivity contribution >= 4 is 34.1 Å². The quantitative estimate of drug-likeness (QED) is 0.922. The molecular formula is C18H19ClN4O. The van der Waals surface area contributed by atoms with Crippen LogP contribution < -0.4 is 5.32 Å². The van der Waals surface area contributed by atoms with Gasteiger partial charge in [-0.25, -0.2) is 0 Å². The first-order valence-electron chi connectivity index (χ1n) is 8.19. The van der Waals surface area contributed by atoms with E-state index < -0.39 is 0 Å². The molecule has 1 fully saturated rings. The standard InChI is InChI=1S/C18H19ClN4O/c19-14-4-5-16-15(10-14)18(13(11-20)12-22-16)21-7-6-17(24)23-8-2-1-3-9-23/h4-5,10,12H,1-3,6-9H2,(H,21,22). The minimum Gasteiger partial charge on any atom is -0.383 e. The fourth-order valence-corrected chi connectivity index (χ4v) is 3.21. The number of hydrogen-bond donors (Lipinski definition) is 1. The van der Waals surface area contributed by atoms with Gasteiger partial charge < -0.3 is 10.2 Å². The summed E-state index contributed by atoms with van der Waals surface area (Å²) < 4.78 is 0. The summed E-state index contributed by atoms with van der Waals surface area (Å²) in [5, 5.41) is 13.9. The number of amides is 1. The SMILES string of the molecule is N#Cc1cnc2ccc(Cl)cc2c1NCCC(=O)N1CCCCC1. The van der Waals surface area contributed by atoms with Crippen LogP contribution in [-0.2, 0) is 4.79 Å². The molecule has 3 rings (SSSR count). The Morgan fingerprint density at radius 1 is 1.33 bits per heavy atom. The van der Waals surface area contributed by atoms with E-state index in [2.05, 4.69) is 16.4 Å². The van der Waals surface area contributed by atoms with Gasteiger partial charge in [0.1, 0.15) is 6.07 Å². The fraction of sp³-hybridized carbons (Fsp3) is 0.389. The van der Waals surface area contributed by atoms with Crippen LogP contribution >= 0.6 is 11.6 Å². The Kier molecular flexibility index (Phi) is 5.17. The van der Waals surface area contributed by atoms with Gasteiger partial charge in [-0.05, 0) is 37.5 Å². The van der Waals surface area contributed by atoms with E-state index in [1.54, 1.807) is 18.3 Å². The lowest BCUT2D eigenvalue weighted by atomic mass is 10.1. The highest BCUT2D eigenvalue weighted by molar-refractivity contribution is 6.31. The van der Waals surface area contributed by atoms with Gasteiger partial charge >= 0.3 is 0 Å². The zero-order chi connectivity index (χ0) is 16.9. The predicted molar refractivity (Wildman–Crippen MR) is 95.0 cm³/mol. The number of rotatable bonds is 4. The predicted octanol–water partition coefficient (Wildman–Crippen LogP) is 3.57. The summed E-state index contributed by atoms with van der Waals surface area (Å²) in [6.45, 7) is 2.20. The number of pyridine rings is 1. The molecule has 24 heavy (non-hydrogen) atoms. The molecule has 6 heteroatoms. The molecule has 1 aromatic heterocycles. The Hall–Kier alpha value is -2.32. The van der Waals surface area contributed by atoms with E-state index in [-0.39, 0.29) is 5.91 Å². The van der Waals surface area contributed by atoms with Gasteiger partial charge in [0.2, 0.25) is 5.91 Å². The van der Waals surface area contributed by atoms with Crippen molar-refractivity contribution in [3.63, 3.8) is 0 Å². The highest BCUT2D eigenvalue weighted by Gasteiger charge is 2.16. The fourth-order valence-electron chi connectivity index (χ4n) is 3.04.